The van der Waals surface area contributed by atoms with Gasteiger partial charge < -0.3 is 20.3 Å². The number of hydrogen-bond donors (Lipinski definition) is 1. The average molecular weight is 512 g/mol. The van der Waals surface area contributed by atoms with Crippen LogP contribution in [0.4, 0.5) is 15.9 Å². The highest BCUT2D eigenvalue weighted by Gasteiger charge is 2.21. The van der Waals surface area contributed by atoms with Crippen molar-refractivity contribution in [1.82, 2.24) is 24.8 Å². The zero-order valence-corrected chi connectivity index (χ0v) is 20.8. The number of halogens is 1. The highest BCUT2D eigenvalue weighted by Crippen LogP contribution is 2.36. The van der Waals surface area contributed by atoms with E-state index >= 15 is 4.39 Å². The first-order chi connectivity index (χ1) is 18.4. The maximum atomic E-state index is 15.0. The van der Waals surface area contributed by atoms with Crippen molar-refractivity contribution >= 4 is 17.4 Å². The summed E-state index contributed by atoms with van der Waals surface area (Å²) < 4.78 is 20.6. The summed E-state index contributed by atoms with van der Waals surface area (Å²) in [5.41, 5.74) is 10.4. The van der Waals surface area contributed by atoms with E-state index in [-0.39, 0.29) is 23.5 Å². The number of aromatic nitrogens is 4. The molecule has 192 valence electrons. The molecule has 5 rings (SSSR count). The molecule has 10 heteroatoms. The van der Waals surface area contributed by atoms with Gasteiger partial charge in [-0.1, -0.05) is 24.8 Å². The number of nitrogens with two attached hydrogens (primary N) is 1. The van der Waals surface area contributed by atoms with Gasteiger partial charge in [-0.25, -0.2) is 24.3 Å². The Morgan fingerprint density at radius 1 is 1.03 bits per heavy atom. The van der Waals surface area contributed by atoms with Gasteiger partial charge in [0.1, 0.15) is 12.1 Å². The Kier molecular flexibility index (Phi) is 6.94. The van der Waals surface area contributed by atoms with E-state index in [1.807, 2.05) is 24.3 Å². The molecule has 0 atom stereocenters. The van der Waals surface area contributed by atoms with Gasteiger partial charge in [0, 0.05) is 49.3 Å². The fourth-order valence-corrected chi connectivity index (χ4v) is 4.36. The fourth-order valence-electron chi connectivity index (χ4n) is 4.36. The van der Waals surface area contributed by atoms with Gasteiger partial charge in [-0.15, -0.1) is 0 Å². The summed E-state index contributed by atoms with van der Waals surface area (Å²) in [4.78, 5) is 32.6. The summed E-state index contributed by atoms with van der Waals surface area (Å²) in [6.45, 7) is 8.09. The number of aryl methyl sites for hydroxylation is 1. The summed E-state index contributed by atoms with van der Waals surface area (Å²) in [7, 11) is 0. The number of benzene rings is 2. The van der Waals surface area contributed by atoms with Crippen molar-refractivity contribution in [2.45, 2.75) is 6.92 Å². The molecule has 0 spiro atoms. The molecule has 1 fully saturated rings. The predicted molar refractivity (Wildman–Crippen MR) is 143 cm³/mol. The third kappa shape index (κ3) is 5.15. The molecule has 0 aliphatic carbocycles. The van der Waals surface area contributed by atoms with Crippen LogP contribution in [0, 0.1) is 12.7 Å². The number of rotatable bonds is 6. The van der Waals surface area contributed by atoms with Crippen molar-refractivity contribution in [2.75, 3.05) is 36.8 Å². The molecule has 0 radical (unpaired) electrons. The fraction of sp³-hybridized carbons (Fsp3) is 0.179. The van der Waals surface area contributed by atoms with Crippen LogP contribution in [0.1, 0.15) is 5.69 Å². The smallest absolute Gasteiger partial charge is 0.322 e. The molecule has 0 bridgehead atoms. The minimum Gasteiger partial charge on any atom is -0.421 e. The summed E-state index contributed by atoms with van der Waals surface area (Å²) in [5, 5.41) is 0. The molecule has 2 N–H and O–H groups in total. The molecule has 1 amide bonds. The van der Waals surface area contributed by atoms with E-state index in [0.29, 0.717) is 35.6 Å². The van der Waals surface area contributed by atoms with Crippen LogP contribution >= 0.6 is 0 Å². The van der Waals surface area contributed by atoms with E-state index in [4.69, 9.17) is 10.5 Å². The van der Waals surface area contributed by atoms with Gasteiger partial charge in [0.2, 0.25) is 5.91 Å². The van der Waals surface area contributed by atoms with Gasteiger partial charge in [0.25, 0.3) is 0 Å². The third-order valence-corrected chi connectivity index (χ3v) is 6.34. The molecular formula is C28H26FN7O2. The number of carbonyl (C=O) groups is 1. The first kappa shape index (κ1) is 24.8. The molecule has 0 saturated carbocycles. The number of anilines is 2. The number of hydrogen-bond acceptors (Lipinski definition) is 8. The minimum absolute atomic E-state index is 0.00411. The van der Waals surface area contributed by atoms with Gasteiger partial charge in [0.05, 0.1) is 11.3 Å². The SMILES string of the molecule is C=CC(=O)N1CCN(c2ccc(-c3ncnc(N)c3-c3ccc(Oc4nccc(C)n4)c(F)c3)cc2)CC1. The Labute approximate surface area is 219 Å². The largest absolute Gasteiger partial charge is 0.421 e. The maximum absolute atomic E-state index is 15.0. The number of amides is 1. The Balaban J connectivity index is 1.39. The average Bonchev–Trinajstić information content (AvgIpc) is 2.94. The molecule has 1 aliphatic rings. The highest BCUT2D eigenvalue weighted by molar-refractivity contribution is 5.88. The molecular weight excluding hydrogens is 485 g/mol. The second-order valence-corrected chi connectivity index (χ2v) is 8.77. The van der Waals surface area contributed by atoms with Crippen LogP contribution in [0.15, 0.2) is 73.7 Å². The summed E-state index contributed by atoms with van der Waals surface area (Å²) in [5.74, 6) is -0.410. The summed E-state index contributed by atoms with van der Waals surface area (Å²) in [6.07, 6.45) is 4.29. The molecule has 2 aromatic heterocycles. The van der Waals surface area contributed by atoms with E-state index in [9.17, 15) is 4.79 Å². The van der Waals surface area contributed by atoms with E-state index in [1.54, 1.807) is 30.2 Å². The van der Waals surface area contributed by atoms with E-state index < -0.39 is 5.82 Å². The third-order valence-electron chi connectivity index (χ3n) is 6.34. The van der Waals surface area contributed by atoms with Gasteiger partial charge >= 0.3 is 6.01 Å². The van der Waals surface area contributed by atoms with Gasteiger partial charge in [-0.3, -0.25) is 4.79 Å². The quantitative estimate of drug-likeness (QED) is 0.383. The van der Waals surface area contributed by atoms with Crippen molar-refractivity contribution in [2.24, 2.45) is 0 Å². The molecule has 4 aromatic rings. The lowest BCUT2D eigenvalue weighted by molar-refractivity contribution is -0.126. The normalized spacial score (nSPS) is 13.3. The Morgan fingerprint density at radius 3 is 2.45 bits per heavy atom. The number of nitrogen functional groups attached to an aromatic ring is 1. The van der Waals surface area contributed by atoms with Crippen LogP contribution in [0.25, 0.3) is 22.4 Å². The highest BCUT2D eigenvalue weighted by atomic mass is 19.1. The van der Waals surface area contributed by atoms with Crippen molar-refractivity contribution in [3.05, 3.63) is 85.2 Å². The summed E-state index contributed by atoms with van der Waals surface area (Å²) in [6, 6.07) is 14.2. The van der Waals surface area contributed by atoms with Crippen LogP contribution < -0.4 is 15.4 Å². The van der Waals surface area contributed by atoms with E-state index in [2.05, 4.69) is 31.4 Å². The predicted octanol–water partition coefficient (Wildman–Crippen LogP) is 4.26. The molecule has 3 heterocycles. The number of ether oxygens (including phenoxy) is 1. The zero-order valence-electron chi connectivity index (χ0n) is 20.8. The minimum atomic E-state index is -0.591. The Hall–Kier alpha value is -4.86. The van der Waals surface area contributed by atoms with Crippen LogP contribution in [-0.4, -0.2) is 56.9 Å². The molecule has 1 aliphatic heterocycles. The standard InChI is InChI=1S/C28H26FN7O2/c1-3-24(37)36-14-12-35(13-15-36)21-7-4-19(5-8-21)26-25(27(30)33-17-32-26)20-6-9-23(22(29)16-20)38-28-31-11-10-18(2)34-28/h3-11,16-17H,1,12-15H2,2H3,(H2,30,32,33). The van der Waals surface area contributed by atoms with Crippen molar-refractivity contribution < 1.29 is 13.9 Å². The number of nitrogens with zero attached hydrogens (tertiary/aromatic N) is 6. The van der Waals surface area contributed by atoms with Gasteiger partial charge in [-0.05, 0) is 48.9 Å². The second-order valence-electron chi connectivity index (χ2n) is 8.77. The van der Waals surface area contributed by atoms with Crippen LogP contribution in [0.5, 0.6) is 11.8 Å². The number of piperazine rings is 1. The lowest BCUT2D eigenvalue weighted by Crippen LogP contribution is -2.48. The monoisotopic (exact) mass is 511 g/mol. The van der Waals surface area contributed by atoms with E-state index in [1.165, 1.54) is 24.5 Å². The maximum Gasteiger partial charge on any atom is 0.322 e. The zero-order chi connectivity index (χ0) is 26.6. The van der Waals surface area contributed by atoms with Crippen LogP contribution in [0.3, 0.4) is 0 Å². The van der Waals surface area contributed by atoms with Crippen molar-refractivity contribution in [3.8, 4) is 34.1 Å². The molecule has 38 heavy (non-hydrogen) atoms. The first-order valence-corrected chi connectivity index (χ1v) is 12.1. The van der Waals surface area contributed by atoms with Crippen LogP contribution in [-0.2, 0) is 4.79 Å². The lowest BCUT2D eigenvalue weighted by Gasteiger charge is -2.35. The number of carbonyl (C=O) groups excluding carboxylic acids is 1. The molecule has 2 aromatic carbocycles. The van der Waals surface area contributed by atoms with E-state index in [0.717, 1.165) is 24.3 Å². The lowest BCUT2D eigenvalue weighted by atomic mass is 9.99. The van der Waals surface area contributed by atoms with Crippen molar-refractivity contribution in [3.63, 3.8) is 0 Å². The summed E-state index contributed by atoms with van der Waals surface area (Å²) >= 11 is 0. The Morgan fingerprint density at radius 2 is 1.76 bits per heavy atom. The van der Waals surface area contributed by atoms with Gasteiger partial charge in [0.15, 0.2) is 11.6 Å². The molecule has 0 unspecified atom stereocenters. The van der Waals surface area contributed by atoms with Gasteiger partial charge in [-0.2, -0.15) is 0 Å². The molecule has 1 saturated heterocycles. The van der Waals surface area contributed by atoms with Crippen molar-refractivity contribution in [1.29, 1.82) is 0 Å². The second kappa shape index (κ2) is 10.6. The first-order valence-electron chi connectivity index (χ1n) is 12.1. The topological polar surface area (TPSA) is 110 Å². The van der Waals surface area contributed by atoms with Crippen LogP contribution in [0.2, 0.25) is 0 Å². The Bertz CT molecular complexity index is 1490. The molecule has 9 nitrogen and oxygen atoms in total.